The van der Waals surface area contributed by atoms with Crippen molar-refractivity contribution in [3.63, 3.8) is 0 Å². The normalized spacial score (nSPS) is 17.1. The van der Waals surface area contributed by atoms with Crippen LogP contribution in [-0.4, -0.2) is 57.7 Å². The number of nitrogens with zero attached hydrogens (tertiary/aromatic N) is 4. The number of hydrogen-bond donors (Lipinski definition) is 2. The molecule has 13 nitrogen and oxygen atoms in total. The van der Waals surface area contributed by atoms with Crippen molar-refractivity contribution in [2.75, 3.05) is 20.3 Å². The van der Waals surface area contributed by atoms with Gasteiger partial charge in [0, 0.05) is 50.4 Å². The monoisotopic (exact) mass is 556 g/mol. The molecule has 2 aromatic heterocycles. The predicted molar refractivity (Wildman–Crippen MR) is 134 cm³/mol. The summed E-state index contributed by atoms with van der Waals surface area (Å²) in [5.74, 6) is -9.96. The number of Topliss-reactive ketones (excluding diaryl/α,β-unsaturated/α-hetero) is 1. The molecule has 1 aromatic carbocycles. The van der Waals surface area contributed by atoms with Gasteiger partial charge in [0.15, 0.2) is 11.5 Å². The van der Waals surface area contributed by atoms with Crippen LogP contribution in [0.1, 0.15) is 75.0 Å². The molecule has 39 heavy (non-hydrogen) atoms. The third-order valence-corrected chi connectivity index (χ3v) is 4.84. The topological polar surface area (TPSA) is 168 Å². The van der Waals surface area contributed by atoms with Crippen LogP contribution in [0.4, 0.5) is 4.39 Å². The third kappa shape index (κ3) is 7.31. The van der Waals surface area contributed by atoms with Crippen LogP contribution in [0.3, 0.4) is 0 Å². The van der Waals surface area contributed by atoms with Crippen molar-refractivity contribution in [2.24, 2.45) is 6.98 Å². The van der Waals surface area contributed by atoms with E-state index in [9.17, 15) is 23.6 Å². The van der Waals surface area contributed by atoms with Gasteiger partial charge in [-0.1, -0.05) is 12.1 Å². The summed E-state index contributed by atoms with van der Waals surface area (Å²) >= 11 is 0. The lowest BCUT2D eigenvalue weighted by Gasteiger charge is -2.27. The number of ketones is 1. The van der Waals surface area contributed by atoms with E-state index in [-0.39, 0.29) is 18.6 Å². The fourth-order valence-corrected chi connectivity index (χ4v) is 2.94. The summed E-state index contributed by atoms with van der Waals surface area (Å²) in [6, 6.07) is 4.60. The van der Waals surface area contributed by atoms with Crippen LogP contribution >= 0.6 is 0 Å². The number of amides is 2. The number of halogens is 1. The van der Waals surface area contributed by atoms with E-state index >= 15 is 0 Å². The Labute approximate surface area is 239 Å². The Kier molecular flexibility index (Phi) is 5.24. The van der Waals surface area contributed by atoms with E-state index in [4.69, 9.17) is 30.3 Å². The highest BCUT2D eigenvalue weighted by atomic mass is 19.1. The van der Waals surface area contributed by atoms with Crippen LogP contribution in [0.25, 0.3) is 0 Å². The molecule has 2 amide bonds. The van der Waals surface area contributed by atoms with Gasteiger partial charge in [-0.15, -0.1) is 10.2 Å². The van der Waals surface area contributed by atoms with E-state index in [1.54, 1.807) is 5.32 Å². The molecule has 2 heterocycles. The molecule has 208 valence electrons. The number of methoxy groups -OCH3 is 1. The van der Waals surface area contributed by atoms with Crippen molar-refractivity contribution in [1.82, 2.24) is 30.4 Å². The van der Waals surface area contributed by atoms with E-state index in [2.05, 4.69) is 20.5 Å². The lowest BCUT2D eigenvalue weighted by atomic mass is 10.0. The smallest absolute Gasteiger partial charge is 0.309 e. The lowest BCUT2D eigenvalue weighted by molar-refractivity contribution is -0.121. The summed E-state index contributed by atoms with van der Waals surface area (Å²) < 4.78 is 124. The minimum Gasteiger partial charge on any atom is -0.478 e. The molecule has 0 saturated carbocycles. The van der Waals surface area contributed by atoms with Gasteiger partial charge in [0.25, 0.3) is 11.5 Å². The SMILES string of the molecule is [2H]C([2H])([2H])c1nnc(C(=O)NC(c2nc(C(=O)NCc3ccc(F)cc3)c(OCC(=O)CCOC)c(=O)n2C([2H])([2H])[2H])(C([2H])([2H])[2H])C([2H])([2H])[2H])o1. The molecular weight excluding hydrogens is 515 g/mol. The largest absolute Gasteiger partial charge is 0.478 e. The minimum atomic E-state index is -4.06. The van der Waals surface area contributed by atoms with Crippen molar-refractivity contribution in [3.05, 3.63) is 69.3 Å². The summed E-state index contributed by atoms with van der Waals surface area (Å²) in [5.41, 5.74) is -6.81. The number of aromatic nitrogens is 4. The summed E-state index contributed by atoms with van der Waals surface area (Å²) in [4.78, 5) is 57.0. The molecule has 2 N–H and O–H groups in total. The number of hydrogen-bond acceptors (Lipinski definition) is 10. The molecule has 3 aromatic rings. The Morgan fingerprint density at radius 2 is 1.95 bits per heavy atom. The van der Waals surface area contributed by atoms with Crippen LogP contribution in [0.2, 0.25) is 0 Å². The minimum absolute atomic E-state index is 0.100. The van der Waals surface area contributed by atoms with Crippen molar-refractivity contribution in [2.45, 2.75) is 39.1 Å². The van der Waals surface area contributed by atoms with Crippen molar-refractivity contribution in [3.8, 4) is 5.75 Å². The maximum atomic E-state index is 14.0. The van der Waals surface area contributed by atoms with Gasteiger partial charge >= 0.3 is 11.8 Å². The Balaban J connectivity index is 2.38. The molecule has 0 aliphatic carbocycles. The first-order valence-corrected chi connectivity index (χ1v) is 10.9. The number of aryl methyl sites for hydroxylation is 1. The lowest BCUT2D eigenvalue weighted by Crippen LogP contribution is -2.46. The molecule has 0 aliphatic rings. The maximum Gasteiger partial charge on any atom is 0.309 e. The quantitative estimate of drug-likeness (QED) is 0.331. The van der Waals surface area contributed by atoms with E-state index in [0.29, 0.717) is 0 Å². The van der Waals surface area contributed by atoms with Gasteiger partial charge in [-0.25, -0.2) is 9.37 Å². The zero-order valence-electron chi connectivity index (χ0n) is 32.2. The van der Waals surface area contributed by atoms with Crippen LogP contribution < -0.4 is 20.9 Å². The number of carbonyl (C=O) groups is 3. The second-order valence-corrected chi connectivity index (χ2v) is 7.75. The average molecular weight is 557 g/mol. The summed E-state index contributed by atoms with van der Waals surface area (Å²) in [5, 5.41) is 10.2. The first-order chi connectivity index (χ1) is 23.3. The third-order valence-electron chi connectivity index (χ3n) is 4.84. The number of benzene rings is 1. The van der Waals surface area contributed by atoms with Gasteiger partial charge in [-0.05, 0) is 31.4 Å². The average Bonchev–Trinajstić information content (AvgIpc) is 3.51. The molecule has 0 aliphatic heterocycles. The highest BCUT2D eigenvalue weighted by Crippen LogP contribution is 2.21. The Hall–Kier alpha value is -4.46. The predicted octanol–water partition coefficient (Wildman–Crippen LogP) is 1.19. The van der Waals surface area contributed by atoms with Crippen LogP contribution in [0, 0.1) is 12.7 Å². The molecule has 3 rings (SSSR count). The molecule has 0 spiro atoms. The van der Waals surface area contributed by atoms with Gasteiger partial charge in [-0.3, -0.25) is 23.7 Å². The number of carbonyl (C=O) groups excluding carboxylic acids is 3. The zero-order chi connectivity index (χ0) is 38.7. The molecule has 0 unspecified atom stereocenters. The maximum absolute atomic E-state index is 14.0. The summed E-state index contributed by atoms with van der Waals surface area (Å²) in [6.45, 7) is -16.5. The van der Waals surface area contributed by atoms with E-state index in [1.807, 2.05) is 0 Å². The van der Waals surface area contributed by atoms with Gasteiger partial charge in [0.05, 0.1) is 12.1 Å². The summed E-state index contributed by atoms with van der Waals surface area (Å²) in [6.07, 6.45) is -0.270. The standard InChI is InChI=1S/C25H29FN6O7/c1-14-30-31-22(39-14)21(35)29-25(2,3)24-28-18(20(34)27-12-15-6-8-16(26)9-7-15)19(23(36)32(24)4)38-13-17(33)10-11-37-5/h6-9H,10-13H2,1-5H3,(H,27,34)(H,29,35)/i1D3,2D3,3D3,4D3. The number of ether oxygens (including phenoxy) is 2. The second kappa shape index (κ2) is 12.4. The molecule has 0 atom stereocenters. The Morgan fingerprint density at radius 3 is 2.59 bits per heavy atom. The second-order valence-electron chi connectivity index (χ2n) is 7.75. The summed E-state index contributed by atoms with van der Waals surface area (Å²) in [7, 11) is 1.28. The molecule has 0 radical (unpaired) electrons. The van der Waals surface area contributed by atoms with E-state index in [1.165, 1.54) is 19.2 Å². The molecule has 14 heteroatoms. The molecule has 0 bridgehead atoms. The van der Waals surface area contributed by atoms with Gasteiger partial charge in [0.1, 0.15) is 18.2 Å². The fourth-order valence-electron chi connectivity index (χ4n) is 2.94. The van der Waals surface area contributed by atoms with Crippen molar-refractivity contribution in [1.29, 1.82) is 0 Å². The molecule has 0 fully saturated rings. The molecule has 0 saturated heterocycles. The van der Waals surface area contributed by atoms with E-state index < -0.39 is 109 Å². The number of rotatable bonds is 12. The fraction of sp³-hybridized carbons (Fsp3) is 0.400. The Morgan fingerprint density at radius 1 is 1.18 bits per heavy atom. The van der Waals surface area contributed by atoms with Gasteiger partial charge in [0.2, 0.25) is 11.6 Å². The van der Waals surface area contributed by atoms with Crippen LogP contribution in [-0.2, 0) is 28.6 Å². The van der Waals surface area contributed by atoms with Gasteiger partial charge < -0.3 is 24.5 Å². The first-order valence-electron chi connectivity index (χ1n) is 16.9. The molecular formula is C25H29FN6O7. The zero-order valence-corrected chi connectivity index (χ0v) is 20.2. The Bertz CT molecular complexity index is 1810. The van der Waals surface area contributed by atoms with Crippen molar-refractivity contribution < 1.29 is 49.1 Å². The number of nitrogens with one attached hydrogen (secondary N) is 2. The van der Waals surface area contributed by atoms with Crippen LogP contribution in [0.15, 0.2) is 33.5 Å². The highest BCUT2D eigenvalue weighted by Gasteiger charge is 2.33. The van der Waals surface area contributed by atoms with Crippen LogP contribution in [0.5, 0.6) is 5.75 Å². The van der Waals surface area contributed by atoms with Gasteiger partial charge in [-0.2, -0.15) is 0 Å². The van der Waals surface area contributed by atoms with Crippen molar-refractivity contribution >= 4 is 17.6 Å². The first kappa shape index (κ1) is 16.5. The highest BCUT2D eigenvalue weighted by molar-refractivity contribution is 5.95. The van der Waals surface area contributed by atoms with E-state index in [0.717, 1.165) is 12.1 Å².